The number of hydrogen-bond donors (Lipinski definition) is 1. The van der Waals surface area contributed by atoms with Crippen LogP contribution in [0.2, 0.25) is 5.02 Å². The van der Waals surface area contributed by atoms with E-state index in [1.807, 2.05) is 42.5 Å². The van der Waals surface area contributed by atoms with Gasteiger partial charge in [0, 0.05) is 14.9 Å². The smallest absolute Gasteiger partial charge is 0.0706 e. The van der Waals surface area contributed by atoms with E-state index in [4.69, 9.17) is 11.6 Å². The molecule has 0 aliphatic carbocycles. The van der Waals surface area contributed by atoms with Crippen molar-refractivity contribution in [1.29, 1.82) is 0 Å². The molecule has 3 rings (SSSR count). The first-order chi connectivity index (χ1) is 9.72. The van der Waals surface area contributed by atoms with Crippen molar-refractivity contribution in [2.75, 3.05) is 5.32 Å². The summed E-state index contributed by atoms with van der Waals surface area (Å²) in [6.45, 7) is 0.657. The van der Waals surface area contributed by atoms with E-state index in [0.717, 1.165) is 26.8 Å². The maximum Gasteiger partial charge on any atom is 0.0706 e. The molecule has 0 atom stereocenters. The van der Waals surface area contributed by atoms with E-state index in [-0.39, 0.29) is 0 Å². The largest absolute Gasteiger partial charge is 0.378 e. The Bertz CT molecular complexity index is 758. The molecule has 0 bridgehead atoms. The molecule has 0 radical (unpaired) electrons. The summed E-state index contributed by atoms with van der Waals surface area (Å²) in [6.07, 6.45) is 0. The van der Waals surface area contributed by atoms with Gasteiger partial charge in [-0.3, -0.25) is 4.98 Å². The van der Waals surface area contributed by atoms with Crippen LogP contribution in [0, 0.1) is 0 Å². The molecular weight excluding hydrogens is 336 g/mol. The van der Waals surface area contributed by atoms with Gasteiger partial charge in [-0.1, -0.05) is 35.9 Å². The van der Waals surface area contributed by atoms with Crippen molar-refractivity contribution in [3.8, 4) is 0 Å². The molecule has 0 aliphatic heterocycles. The van der Waals surface area contributed by atoms with E-state index >= 15 is 0 Å². The molecule has 3 aromatic rings. The third-order valence-corrected chi connectivity index (χ3v) is 3.97. The Morgan fingerprint density at radius 3 is 2.80 bits per heavy atom. The fourth-order valence-corrected chi connectivity index (χ4v) is 2.58. The zero-order chi connectivity index (χ0) is 13.9. The number of nitrogens with zero attached hydrogens (tertiary/aromatic N) is 1. The molecule has 0 saturated heterocycles. The maximum atomic E-state index is 6.00. The predicted molar refractivity (Wildman–Crippen MR) is 88.2 cm³/mol. The van der Waals surface area contributed by atoms with Gasteiger partial charge in [0.2, 0.25) is 0 Å². The predicted octanol–water partition coefficient (Wildman–Crippen LogP) is 5.26. The minimum absolute atomic E-state index is 0.657. The SMILES string of the molecule is Clc1ccc(Br)c(NCc2ccc3ccccc3n2)c1. The lowest BCUT2D eigenvalue weighted by Gasteiger charge is -2.09. The van der Waals surface area contributed by atoms with Gasteiger partial charge in [-0.25, -0.2) is 0 Å². The molecule has 0 aliphatic rings. The monoisotopic (exact) mass is 346 g/mol. The number of rotatable bonds is 3. The quantitative estimate of drug-likeness (QED) is 0.699. The van der Waals surface area contributed by atoms with E-state index in [1.54, 1.807) is 0 Å². The third kappa shape index (κ3) is 2.94. The first kappa shape index (κ1) is 13.4. The minimum Gasteiger partial charge on any atom is -0.378 e. The molecular formula is C16H12BrClN2. The number of pyridine rings is 1. The molecule has 0 saturated carbocycles. The van der Waals surface area contributed by atoms with Crippen LogP contribution in [0.4, 0.5) is 5.69 Å². The van der Waals surface area contributed by atoms with Crippen molar-refractivity contribution in [1.82, 2.24) is 4.98 Å². The van der Waals surface area contributed by atoms with E-state index in [9.17, 15) is 0 Å². The van der Waals surface area contributed by atoms with Crippen LogP contribution < -0.4 is 5.32 Å². The first-order valence-electron chi connectivity index (χ1n) is 6.26. The molecule has 4 heteroatoms. The van der Waals surface area contributed by atoms with Gasteiger partial charge in [0.25, 0.3) is 0 Å². The number of aromatic nitrogens is 1. The van der Waals surface area contributed by atoms with Gasteiger partial charge in [-0.2, -0.15) is 0 Å². The van der Waals surface area contributed by atoms with Crippen LogP contribution in [-0.2, 0) is 6.54 Å². The summed E-state index contributed by atoms with van der Waals surface area (Å²) in [5.41, 5.74) is 2.97. The van der Waals surface area contributed by atoms with Gasteiger partial charge < -0.3 is 5.32 Å². The van der Waals surface area contributed by atoms with Gasteiger partial charge in [0.1, 0.15) is 0 Å². The topological polar surface area (TPSA) is 24.9 Å². The van der Waals surface area contributed by atoms with Crippen LogP contribution in [0.15, 0.2) is 59.1 Å². The zero-order valence-electron chi connectivity index (χ0n) is 10.6. The van der Waals surface area contributed by atoms with E-state index in [0.29, 0.717) is 11.6 Å². The molecule has 1 heterocycles. The number of anilines is 1. The van der Waals surface area contributed by atoms with Crippen molar-refractivity contribution in [2.45, 2.75) is 6.54 Å². The molecule has 2 nitrogen and oxygen atoms in total. The molecule has 1 N–H and O–H groups in total. The Balaban J connectivity index is 1.81. The third-order valence-electron chi connectivity index (χ3n) is 3.04. The number of halogens is 2. The number of fused-ring (bicyclic) bond motifs is 1. The maximum absolute atomic E-state index is 6.00. The van der Waals surface area contributed by atoms with Gasteiger partial charge in [-0.15, -0.1) is 0 Å². The highest BCUT2D eigenvalue weighted by molar-refractivity contribution is 9.10. The summed E-state index contributed by atoms with van der Waals surface area (Å²) >= 11 is 9.50. The second-order valence-corrected chi connectivity index (χ2v) is 5.76. The Kier molecular flexibility index (Phi) is 3.90. The Hall–Kier alpha value is -1.58. The minimum atomic E-state index is 0.657. The summed E-state index contributed by atoms with van der Waals surface area (Å²) < 4.78 is 0.989. The van der Waals surface area contributed by atoms with Gasteiger partial charge in [-0.05, 0) is 46.3 Å². The Labute approximate surface area is 130 Å². The molecule has 2 aromatic carbocycles. The van der Waals surface area contributed by atoms with E-state index < -0.39 is 0 Å². The van der Waals surface area contributed by atoms with Crippen LogP contribution in [0.3, 0.4) is 0 Å². The average Bonchev–Trinajstić information content (AvgIpc) is 2.48. The van der Waals surface area contributed by atoms with Gasteiger partial charge in [0.05, 0.1) is 23.4 Å². The number of nitrogens with one attached hydrogen (secondary N) is 1. The summed E-state index contributed by atoms with van der Waals surface area (Å²) in [4.78, 5) is 4.63. The van der Waals surface area contributed by atoms with Crippen LogP contribution in [0.25, 0.3) is 10.9 Å². The molecule has 1 aromatic heterocycles. The second kappa shape index (κ2) is 5.81. The fraction of sp³-hybridized carbons (Fsp3) is 0.0625. The van der Waals surface area contributed by atoms with Crippen LogP contribution in [-0.4, -0.2) is 4.98 Å². The summed E-state index contributed by atoms with van der Waals surface area (Å²) in [7, 11) is 0. The highest BCUT2D eigenvalue weighted by Crippen LogP contribution is 2.26. The summed E-state index contributed by atoms with van der Waals surface area (Å²) in [5.74, 6) is 0. The second-order valence-electron chi connectivity index (χ2n) is 4.47. The molecule has 0 unspecified atom stereocenters. The summed E-state index contributed by atoms with van der Waals surface area (Å²) in [5, 5.41) is 5.20. The highest BCUT2D eigenvalue weighted by atomic mass is 79.9. The number of para-hydroxylation sites is 1. The molecule has 100 valence electrons. The average molecular weight is 348 g/mol. The number of hydrogen-bond acceptors (Lipinski definition) is 2. The van der Waals surface area contributed by atoms with Crippen LogP contribution in [0.1, 0.15) is 5.69 Å². The van der Waals surface area contributed by atoms with Gasteiger partial charge in [0.15, 0.2) is 0 Å². The van der Waals surface area contributed by atoms with Crippen molar-refractivity contribution < 1.29 is 0 Å². The van der Waals surface area contributed by atoms with Crippen LogP contribution >= 0.6 is 27.5 Å². The first-order valence-corrected chi connectivity index (χ1v) is 7.43. The Morgan fingerprint density at radius 2 is 1.90 bits per heavy atom. The normalized spacial score (nSPS) is 10.7. The highest BCUT2D eigenvalue weighted by Gasteiger charge is 2.02. The van der Waals surface area contributed by atoms with Crippen molar-refractivity contribution in [3.05, 3.63) is 69.8 Å². The standard InChI is InChI=1S/C16H12BrClN2/c17-14-8-6-12(18)9-16(14)19-10-13-7-5-11-3-1-2-4-15(11)20-13/h1-9,19H,10H2. The molecule has 0 spiro atoms. The zero-order valence-corrected chi connectivity index (χ0v) is 12.9. The fourth-order valence-electron chi connectivity index (χ4n) is 2.03. The van der Waals surface area contributed by atoms with Crippen molar-refractivity contribution in [2.24, 2.45) is 0 Å². The Morgan fingerprint density at radius 1 is 1.05 bits per heavy atom. The lowest BCUT2D eigenvalue weighted by atomic mass is 10.2. The van der Waals surface area contributed by atoms with Crippen molar-refractivity contribution in [3.63, 3.8) is 0 Å². The molecule has 20 heavy (non-hydrogen) atoms. The van der Waals surface area contributed by atoms with Crippen LogP contribution in [0.5, 0.6) is 0 Å². The van der Waals surface area contributed by atoms with E-state index in [1.165, 1.54) is 0 Å². The van der Waals surface area contributed by atoms with E-state index in [2.05, 4.69) is 38.4 Å². The number of benzene rings is 2. The van der Waals surface area contributed by atoms with Crippen molar-refractivity contribution >= 4 is 44.1 Å². The molecule has 0 amide bonds. The lowest BCUT2D eigenvalue weighted by Crippen LogP contribution is -2.02. The molecule has 0 fully saturated rings. The summed E-state index contributed by atoms with van der Waals surface area (Å²) in [6, 6.07) is 17.9. The lowest BCUT2D eigenvalue weighted by molar-refractivity contribution is 1.07. The van der Waals surface area contributed by atoms with Gasteiger partial charge >= 0.3 is 0 Å².